The molecular formula is C20H23ClN2O3. The highest BCUT2D eigenvalue weighted by molar-refractivity contribution is 6.30. The first-order valence-electron chi connectivity index (χ1n) is 8.67. The van der Waals surface area contributed by atoms with Crippen LogP contribution < -0.4 is 10.1 Å². The van der Waals surface area contributed by atoms with E-state index in [9.17, 15) is 4.79 Å². The average Bonchev–Trinajstić information content (AvgIpc) is 2.69. The van der Waals surface area contributed by atoms with Crippen LogP contribution in [0, 0.1) is 0 Å². The summed E-state index contributed by atoms with van der Waals surface area (Å²) in [5.74, 6) is 0.701. The number of hydrogen-bond donors (Lipinski definition) is 1. The third kappa shape index (κ3) is 4.75. The molecule has 5 nitrogen and oxygen atoms in total. The molecule has 0 aromatic heterocycles. The van der Waals surface area contributed by atoms with Crippen molar-refractivity contribution in [3.05, 3.63) is 64.7 Å². The molecule has 1 amide bonds. The molecule has 1 saturated heterocycles. The molecule has 1 heterocycles. The molecule has 1 atom stereocenters. The first kappa shape index (κ1) is 18.7. The third-order valence-corrected chi connectivity index (χ3v) is 4.78. The highest BCUT2D eigenvalue weighted by Crippen LogP contribution is 2.25. The fourth-order valence-electron chi connectivity index (χ4n) is 3.09. The molecule has 138 valence electrons. The second kappa shape index (κ2) is 9.03. The lowest BCUT2D eigenvalue weighted by atomic mass is 10.0. The van der Waals surface area contributed by atoms with E-state index in [1.807, 2.05) is 18.2 Å². The van der Waals surface area contributed by atoms with Crippen LogP contribution in [-0.2, 0) is 4.74 Å². The second-order valence-corrected chi connectivity index (χ2v) is 6.59. The zero-order valence-electron chi connectivity index (χ0n) is 14.8. The van der Waals surface area contributed by atoms with E-state index in [0.29, 0.717) is 30.3 Å². The van der Waals surface area contributed by atoms with Crippen LogP contribution in [0.4, 0.5) is 0 Å². The summed E-state index contributed by atoms with van der Waals surface area (Å²) in [6.45, 7) is 3.57. The van der Waals surface area contributed by atoms with Crippen LogP contribution in [-0.4, -0.2) is 50.8 Å². The van der Waals surface area contributed by atoms with Crippen molar-refractivity contribution >= 4 is 17.5 Å². The van der Waals surface area contributed by atoms with E-state index in [0.717, 1.165) is 24.4 Å². The van der Waals surface area contributed by atoms with Gasteiger partial charge in [-0.25, -0.2) is 0 Å². The van der Waals surface area contributed by atoms with Gasteiger partial charge in [0.1, 0.15) is 5.75 Å². The SMILES string of the molecule is COc1cccc(C(CNC(=O)c2ccc(Cl)cc2)N2CCOCC2)c1. The zero-order chi connectivity index (χ0) is 18.4. The van der Waals surface area contributed by atoms with Gasteiger partial charge in [0.2, 0.25) is 0 Å². The highest BCUT2D eigenvalue weighted by Gasteiger charge is 2.23. The van der Waals surface area contributed by atoms with Gasteiger partial charge in [-0.3, -0.25) is 9.69 Å². The van der Waals surface area contributed by atoms with E-state index >= 15 is 0 Å². The summed E-state index contributed by atoms with van der Waals surface area (Å²) in [4.78, 5) is 14.8. The summed E-state index contributed by atoms with van der Waals surface area (Å²) >= 11 is 5.89. The lowest BCUT2D eigenvalue weighted by Gasteiger charge is -2.35. The molecule has 2 aromatic rings. The fourth-order valence-corrected chi connectivity index (χ4v) is 3.21. The van der Waals surface area contributed by atoms with Crippen LogP contribution in [0.5, 0.6) is 5.75 Å². The predicted molar refractivity (Wildman–Crippen MR) is 102 cm³/mol. The van der Waals surface area contributed by atoms with Gasteiger partial charge in [-0.15, -0.1) is 0 Å². The van der Waals surface area contributed by atoms with E-state index in [1.54, 1.807) is 31.4 Å². The van der Waals surface area contributed by atoms with Gasteiger partial charge >= 0.3 is 0 Å². The van der Waals surface area contributed by atoms with Gasteiger partial charge in [0.05, 0.1) is 26.4 Å². The Balaban J connectivity index is 1.74. The second-order valence-electron chi connectivity index (χ2n) is 6.16. The van der Waals surface area contributed by atoms with E-state index in [-0.39, 0.29) is 11.9 Å². The van der Waals surface area contributed by atoms with Crippen molar-refractivity contribution in [2.75, 3.05) is 40.0 Å². The molecule has 26 heavy (non-hydrogen) atoms. The van der Waals surface area contributed by atoms with Crippen molar-refractivity contribution in [3.8, 4) is 5.75 Å². The van der Waals surface area contributed by atoms with Gasteiger partial charge < -0.3 is 14.8 Å². The van der Waals surface area contributed by atoms with Crippen molar-refractivity contribution in [2.24, 2.45) is 0 Å². The molecule has 1 fully saturated rings. The van der Waals surface area contributed by atoms with E-state index < -0.39 is 0 Å². The Bertz CT molecular complexity index is 730. The van der Waals surface area contributed by atoms with Crippen molar-refractivity contribution < 1.29 is 14.3 Å². The molecule has 0 saturated carbocycles. The van der Waals surface area contributed by atoms with Gasteiger partial charge in [0, 0.05) is 30.2 Å². The molecule has 0 bridgehead atoms. The molecule has 0 aliphatic carbocycles. The fraction of sp³-hybridized carbons (Fsp3) is 0.350. The van der Waals surface area contributed by atoms with E-state index in [1.165, 1.54) is 0 Å². The number of benzene rings is 2. The number of morpholine rings is 1. The maximum atomic E-state index is 12.5. The van der Waals surface area contributed by atoms with Crippen LogP contribution in [0.1, 0.15) is 22.0 Å². The minimum atomic E-state index is -0.108. The van der Waals surface area contributed by atoms with Crippen molar-refractivity contribution in [1.82, 2.24) is 10.2 Å². The maximum Gasteiger partial charge on any atom is 0.251 e. The average molecular weight is 375 g/mol. The summed E-state index contributed by atoms with van der Waals surface area (Å²) in [6.07, 6.45) is 0. The number of halogens is 1. The number of ether oxygens (including phenoxy) is 2. The van der Waals surface area contributed by atoms with E-state index in [2.05, 4.69) is 16.3 Å². The minimum absolute atomic E-state index is 0.0604. The number of carbonyl (C=O) groups excluding carboxylic acids is 1. The standard InChI is InChI=1S/C20H23ClN2O3/c1-25-18-4-2-3-16(13-18)19(23-9-11-26-12-10-23)14-22-20(24)15-5-7-17(21)8-6-15/h2-8,13,19H,9-12,14H2,1H3,(H,22,24). The van der Waals surface area contributed by atoms with Crippen molar-refractivity contribution in [2.45, 2.75) is 6.04 Å². The summed E-state index contributed by atoms with van der Waals surface area (Å²) in [6, 6.07) is 14.9. The molecule has 2 aromatic carbocycles. The van der Waals surface area contributed by atoms with Crippen LogP contribution in [0.2, 0.25) is 5.02 Å². The first-order chi connectivity index (χ1) is 12.7. The molecule has 1 N–H and O–H groups in total. The van der Waals surface area contributed by atoms with Gasteiger partial charge in [-0.05, 0) is 42.0 Å². The van der Waals surface area contributed by atoms with E-state index in [4.69, 9.17) is 21.1 Å². The molecule has 6 heteroatoms. The summed E-state index contributed by atoms with van der Waals surface area (Å²) in [5, 5.41) is 3.66. The summed E-state index contributed by atoms with van der Waals surface area (Å²) in [7, 11) is 1.66. The number of rotatable bonds is 6. The topological polar surface area (TPSA) is 50.8 Å². The molecule has 0 radical (unpaired) electrons. The molecule has 1 aliphatic rings. The Morgan fingerprint density at radius 3 is 2.65 bits per heavy atom. The summed E-state index contributed by atoms with van der Waals surface area (Å²) < 4.78 is 10.8. The van der Waals surface area contributed by atoms with Crippen LogP contribution >= 0.6 is 11.6 Å². The largest absolute Gasteiger partial charge is 0.497 e. The number of hydrogen-bond acceptors (Lipinski definition) is 4. The number of methoxy groups -OCH3 is 1. The van der Waals surface area contributed by atoms with Gasteiger partial charge in [0.25, 0.3) is 5.91 Å². The molecular weight excluding hydrogens is 352 g/mol. The zero-order valence-corrected chi connectivity index (χ0v) is 15.5. The number of carbonyl (C=O) groups is 1. The molecule has 1 aliphatic heterocycles. The van der Waals surface area contributed by atoms with Crippen LogP contribution in [0.3, 0.4) is 0 Å². The van der Waals surface area contributed by atoms with Crippen LogP contribution in [0.25, 0.3) is 0 Å². The van der Waals surface area contributed by atoms with Gasteiger partial charge in [-0.1, -0.05) is 23.7 Å². The Kier molecular flexibility index (Phi) is 6.50. The predicted octanol–water partition coefficient (Wildman–Crippen LogP) is 3.15. The van der Waals surface area contributed by atoms with Gasteiger partial charge in [0.15, 0.2) is 0 Å². The normalized spacial score (nSPS) is 16.1. The first-order valence-corrected chi connectivity index (χ1v) is 9.04. The maximum absolute atomic E-state index is 12.5. The lowest BCUT2D eigenvalue weighted by molar-refractivity contribution is 0.0162. The number of nitrogens with one attached hydrogen (secondary N) is 1. The highest BCUT2D eigenvalue weighted by atomic mass is 35.5. The van der Waals surface area contributed by atoms with Crippen LogP contribution in [0.15, 0.2) is 48.5 Å². The third-order valence-electron chi connectivity index (χ3n) is 4.53. The Hall–Kier alpha value is -2.08. The van der Waals surface area contributed by atoms with Gasteiger partial charge in [-0.2, -0.15) is 0 Å². The number of amides is 1. The minimum Gasteiger partial charge on any atom is -0.497 e. The Morgan fingerprint density at radius 1 is 1.23 bits per heavy atom. The molecule has 3 rings (SSSR count). The Labute approximate surface area is 158 Å². The smallest absolute Gasteiger partial charge is 0.251 e. The molecule has 0 spiro atoms. The lowest BCUT2D eigenvalue weighted by Crippen LogP contribution is -2.43. The number of nitrogens with zero attached hydrogens (tertiary/aromatic N) is 1. The van der Waals surface area contributed by atoms with Crippen molar-refractivity contribution in [3.63, 3.8) is 0 Å². The molecule has 1 unspecified atom stereocenters. The van der Waals surface area contributed by atoms with Crippen molar-refractivity contribution in [1.29, 1.82) is 0 Å². The Morgan fingerprint density at radius 2 is 1.96 bits per heavy atom. The monoisotopic (exact) mass is 374 g/mol. The summed E-state index contributed by atoms with van der Waals surface area (Å²) in [5.41, 5.74) is 1.71. The quantitative estimate of drug-likeness (QED) is 0.843.